The van der Waals surface area contributed by atoms with Gasteiger partial charge in [0.05, 0.1) is 12.6 Å². The zero-order valence-electron chi connectivity index (χ0n) is 7.34. The molecule has 0 heterocycles. The van der Waals surface area contributed by atoms with Gasteiger partial charge in [-0.2, -0.15) is 0 Å². The molecule has 70 valence electrons. The van der Waals surface area contributed by atoms with Crippen molar-refractivity contribution in [2.24, 2.45) is 0 Å². The minimum absolute atomic E-state index is 0.113. The number of aliphatic hydroxyl groups is 1. The van der Waals surface area contributed by atoms with Crippen LogP contribution in [0, 0.1) is 0 Å². The lowest BCUT2D eigenvalue weighted by Gasteiger charge is -2.06. The third-order valence-corrected chi connectivity index (χ3v) is 1.17. The van der Waals surface area contributed by atoms with Crippen LogP contribution in [0.5, 0.6) is 0 Å². The summed E-state index contributed by atoms with van der Waals surface area (Å²) < 4.78 is 0. The molecule has 0 bridgehead atoms. The minimum atomic E-state index is -0.492. The van der Waals surface area contributed by atoms with Gasteiger partial charge in [-0.1, -0.05) is 6.08 Å². The quantitative estimate of drug-likeness (QED) is 0.365. The smallest absolute Gasteiger partial charge is 0.234 e. The van der Waals surface area contributed by atoms with Crippen LogP contribution in [0.25, 0.3) is 0 Å². The second kappa shape index (κ2) is 6.82. The van der Waals surface area contributed by atoms with E-state index in [9.17, 15) is 4.79 Å². The predicted octanol–water partition coefficient (Wildman–Crippen LogP) is -0.741. The molecule has 0 fully saturated rings. The van der Waals surface area contributed by atoms with Gasteiger partial charge in [0.15, 0.2) is 0 Å². The third kappa shape index (κ3) is 7.24. The highest BCUT2D eigenvalue weighted by molar-refractivity contribution is 5.77. The van der Waals surface area contributed by atoms with E-state index < -0.39 is 6.10 Å². The van der Waals surface area contributed by atoms with Crippen LogP contribution in [0.2, 0.25) is 0 Å². The Kier molecular flexibility index (Phi) is 6.32. The van der Waals surface area contributed by atoms with E-state index in [2.05, 4.69) is 17.2 Å². The lowest BCUT2D eigenvalue weighted by atomic mass is 10.4. The average molecular weight is 172 g/mol. The van der Waals surface area contributed by atoms with E-state index in [0.717, 1.165) is 0 Å². The van der Waals surface area contributed by atoms with E-state index in [1.807, 2.05) is 0 Å². The van der Waals surface area contributed by atoms with Gasteiger partial charge in [0.25, 0.3) is 0 Å². The van der Waals surface area contributed by atoms with Crippen molar-refractivity contribution < 1.29 is 9.90 Å². The van der Waals surface area contributed by atoms with Crippen molar-refractivity contribution >= 4 is 5.91 Å². The molecule has 0 aromatic heterocycles. The maximum atomic E-state index is 10.9. The molecular weight excluding hydrogens is 156 g/mol. The lowest BCUT2D eigenvalue weighted by molar-refractivity contribution is -0.120. The van der Waals surface area contributed by atoms with E-state index in [1.165, 1.54) is 0 Å². The molecule has 1 unspecified atom stereocenters. The highest BCUT2D eigenvalue weighted by atomic mass is 16.3. The normalized spacial score (nSPS) is 12.2. The van der Waals surface area contributed by atoms with Gasteiger partial charge in [0, 0.05) is 13.1 Å². The number of aliphatic hydroxyl groups excluding tert-OH is 1. The fourth-order valence-electron chi connectivity index (χ4n) is 0.612. The van der Waals surface area contributed by atoms with Crippen LogP contribution in [-0.4, -0.2) is 36.8 Å². The average Bonchev–Trinajstić information content (AvgIpc) is 2.01. The molecule has 0 radical (unpaired) electrons. The molecule has 1 amide bonds. The molecule has 0 aromatic rings. The summed E-state index contributed by atoms with van der Waals surface area (Å²) in [5, 5.41) is 14.2. The maximum Gasteiger partial charge on any atom is 0.234 e. The number of hydrogen-bond donors (Lipinski definition) is 3. The lowest BCUT2D eigenvalue weighted by Crippen LogP contribution is -2.37. The van der Waals surface area contributed by atoms with Crippen LogP contribution in [0.1, 0.15) is 6.92 Å². The van der Waals surface area contributed by atoms with Gasteiger partial charge in [-0.15, -0.1) is 6.58 Å². The Morgan fingerprint density at radius 1 is 1.75 bits per heavy atom. The van der Waals surface area contributed by atoms with Crippen LogP contribution >= 0.6 is 0 Å². The number of nitrogens with one attached hydrogen (secondary N) is 2. The zero-order valence-corrected chi connectivity index (χ0v) is 7.34. The first-order chi connectivity index (χ1) is 5.66. The Morgan fingerprint density at radius 2 is 2.42 bits per heavy atom. The van der Waals surface area contributed by atoms with Crippen LogP contribution in [0.15, 0.2) is 12.7 Å². The number of carbonyl (C=O) groups is 1. The number of hydrogen-bond acceptors (Lipinski definition) is 3. The highest BCUT2D eigenvalue weighted by Gasteiger charge is 2.00. The molecule has 4 heteroatoms. The van der Waals surface area contributed by atoms with E-state index in [0.29, 0.717) is 13.1 Å². The molecular formula is C8H16N2O2. The fourth-order valence-corrected chi connectivity index (χ4v) is 0.612. The van der Waals surface area contributed by atoms with Crippen LogP contribution < -0.4 is 10.6 Å². The summed E-state index contributed by atoms with van der Waals surface area (Å²) in [4.78, 5) is 10.9. The molecule has 0 spiro atoms. The van der Waals surface area contributed by atoms with Crippen LogP contribution in [0.3, 0.4) is 0 Å². The molecule has 12 heavy (non-hydrogen) atoms. The van der Waals surface area contributed by atoms with Crippen molar-refractivity contribution in [1.82, 2.24) is 10.6 Å². The molecule has 1 atom stereocenters. The Bertz CT molecular complexity index is 146. The molecule has 0 aliphatic heterocycles. The molecule has 0 saturated heterocycles. The van der Waals surface area contributed by atoms with Crippen molar-refractivity contribution in [3.63, 3.8) is 0 Å². The second-order valence-corrected chi connectivity index (χ2v) is 2.57. The molecule has 3 N–H and O–H groups in total. The third-order valence-electron chi connectivity index (χ3n) is 1.17. The van der Waals surface area contributed by atoms with Crippen molar-refractivity contribution in [2.75, 3.05) is 19.6 Å². The Labute approximate surface area is 72.7 Å². The van der Waals surface area contributed by atoms with Crippen LogP contribution in [0.4, 0.5) is 0 Å². The Hall–Kier alpha value is -0.870. The molecule has 0 aromatic carbocycles. The van der Waals surface area contributed by atoms with Crippen molar-refractivity contribution in [1.29, 1.82) is 0 Å². The Balaban J connectivity index is 3.27. The summed E-state index contributed by atoms with van der Waals surface area (Å²) in [6.07, 6.45) is 1.19. The second-order valence-electron chi connectivity index (χ2n) is 2.57. The minimum Gasteiger partial charge on any atom is -0.392 e. The van der Waals surface area contributed by atoms with Gasteiger partial charge in [-0.05, 0) is 6.92 Å². The van der Waals surface area contributed by atoms with Gasteiger partial charge in [0.2, 0.25) is 5.91 Å². The van der Waals surface area contributed by atoms with Gasteiger partial charge in [-0.3, -0.25) is 4.79 Å². The van der Waals surface area contributed by atoms with Gasteiger partial charge in [-0.25, -0.2) is 0 Å². The van der Waals surface area contributed by atoms with E-state index in [1.54, 1.807) is 13.0 Å². The summed E-state index contributed by atoms with van der Waals surface area (Å²) in [7, 11) is 0. The molecule has 4 nitrogen and oxygen atoms in total. The first-order valence-corrected chi connectivity index (χ1v) is 3.93. The fraction of sp³-hybridized carbons (Fsp3) is 0.625. The predicted molar refractivity (Wildman–Crippen MR) is 47.8 cm³/mol. The van der Waals surface area contributed by atoms with Crippen molar-refractivity contribution in [3.05, 3.63) is 12.7 Å². The largest absolute Gasteiger partial charge is 0.392 e. The summed E-state index contributed by atoms with van der Waals surface area (Å²) in [6, 6.07) is 0. The molecule has 0 aliphatic rings. The monoisotopic (exact) mass is 172 g/mol. The molecule has 0 aliphatic carbocycles. The number of rotatable bonds is 6. The standard InChI is InChI=1S/C8H16N2O2/c1-3-4-9-6-8(12)10-5-7(2)11/h3,7,9,11H,1,4-6H2,2H3,(H,10,12). The summed E-state index contributed by atoms with van der Waals surface area (Å²) in [5.41, 5.74) is 0. The summed E-state index contributed by atoms with van der Waals surface area (Å²) in [6.45, 7) is 6.30. The zero-order chi connectivity index (χ0) is 9.40. The molecule has 0 saturated carbocycles. The topological polar surface area (TPSA) is 61.4 Å². The number of carbonyl (C=O) groups excluding carboxylic acids is 1. The Morgan fingerprint density at radius 3 is 2.92 bits per heavy atom. The van der Waals surface area contributed by atoms with Gasteiger partial charge >= 0.3 is 0 Å². The van der Waals surface area contributed by atoms with Gasteiger partial charge < -0.3 is 15.7 Å². The SMILES string of the molecule is C=CCNCC(=O)NCC(C)O. The van der Waals surface area contributed by atoms with Crippen molar-refractivity contribution in [2.45, 2.75) is 13.0 Å². The van der Waals surface area contributed by atoms with E-state index in [4.69, 9.17) is 5.11 Å². The first kappa shape index (κ1) is 11.1. The van der Waals surface area contributed by atoms with E-state index >= 15 is 0 Å². The maximum absolute atomic E-state index is 10.9. The number of amides is 1. The summed E-state index contributed by atoms with van der Waals surface area (Å²) in [5.74, 6) is -0.113. The molecule has 0 rings (SSSR count). The van der Waals surface area contributed by atoms with Crippen LogP contribution in [-0.2, 0) is 4.79 Å². The highest BCUT2D eigenvalue weighted by Crippen LogP contribution is 1.74. The van der Waals surface area contributed by atoms with E-state index in [-0.39, 0.29) is 12.5 Å². The van der Waals surface area contributed by atoms with Crippen molar-refractivity contribution in [3.8, 4) is 0 Å². The summed E-state index contributed by atoms with van der Waals surface area (Å²) >= 11 is 0. The first-order valence-electron chi connectivity index (χ1n) is 3.93. The van der Waals surface area contributed by atoms with Gasteiger partial charge in [0.1, 0.15) is 0 Å².